The number of phenols is 2. The van der Waals surface area contributed by atoms with Gasteiger partial charge in [-0.25, -0.2) is 9.97 Å². The zero-order valence-corrected chi connectivity index (χ0v) is 17.4. The van der Waals surface area contributed by atoms with Crippen molar-refractivity contribution in [3.63, 3.8) is 0 Å². The van der Waals surface area contributed by atoms with Crippen molar-refractivity contribution in [3.05, 3.63) is 44.5 Å². The number of fused-ring (bicyclic) bond motifs is 1. The molecule has 30 heavy (non-hydrogen) atoms. The fourth-order valence-electron chi connectivity index (χ4n) is 3.38. The molecule has 0 aliphatic carbocycles. The normalized spacial score (nSPS) is 14.0. The number of hydrogen-bond donors (Lipinski definition) is 2. The van der Waals surface area contributed by atoms with E-state index in [2.05, 4.69) is 9.97 Å². The van der Waals surface area contributed by atoms with E-state index in [9.17, 15) is 28.2 Å². The number of alkyl halides is 3. The van der Waals surface area contributed by atoms with Gasteiger partial charge in [-0.3, -0.25) is 4.79 Å². The number of carbonyl (C=O) groups excluding carboxylic acids is 1. The Morgan fingerprint density at radius 2 is 1.83 bits per heavy atom. The third kappa shape index (κ3) is 4.41. The molecule has 1 aromatic carbocycles. The summed E-state index contributed by atoms with van der Waals surface area (Å²) in [6.45, 7) is 1.99. The van der Waals surface area contributed by atoms with Crippen molar-refractivity contribution in [2.75, 3.05) is 6.54 Å². The van der Waals surface area contributed by atoms with Crippen molar-refractivity contribution in [2.24, 2.45) is 0 Å². The number of aromatic hydroxyl groups is 2. The lowest BCUT2D eigenvalue weighted by molar-refractivity contribution is -0.145. The van der Waals surface area contributed by atoms with Gasteiger partial charge in [0.05, 0.1) is 10.0 Å². The number of phenolic OH excluding ortho intramolecular Hbond substituents is 2. The average Bonchev–Trinajstić information content (AvgIpc) is 2.70. The fourth-order valence-corrected chi connectivity index (χ4v) is 3.94. The minimum Gasteiger partial charge on any atom is -0.503 e. The van der Waals surface area contributed by atoms with E-state index in [0.717, 1.165) is 6.20 Å². The molecule has 0 spiro atoms. The second-order valence-corrected chi connectivity index (χ2v) is 7.76. The third-order valence-electron chi connectivity index (χ3n) is 5.04. The molecule has 3 rings (SSSR count). The van der Waals surface area contributed by atoms with Crippen molar-refractivity contribution >= 4 is 29.1 Å². The van der Waals surface area contributed by atoms with Gasteiger partial charge in [0.2, 0.25) is 11.7 Å². The second kappa shape index (κ2) is 8.47. The Hall–Kier alpha value is -2.26. The molecule has 0 bridgehead atoms. The lowest BCUT2D eigenvalue weighted by Gasteiger charge is -2.30. The Labute approximate surface area is 180 Å². The maximum absolute atomic E-state index is 12.6. The Balaban J connectivity index is 1.62. The summed E-state index contributed by atoms with van der Waals surface area (Å²) in [6, 6.07) is 0. The topological polar surface area (TPSA) is 86.6 Å². The summed E-state index contributed by atoms with van der Waals surface area (Å²) in [7, 11) is 0. The summed E-state index contributed by atoms with van der Waals surface area (Å²) in [5, 5.41) is 19.7. The number of aromatic nitrogens is 2. The summed E-state index contributed by atoms with van der Waals surface area (Å²) >= 11 is 12.2. The molecular weight excluding hydrogens is 446 g/mol. The molecule has 0 fully saturated rings. The van der Waals surface area contributed by atoms with Gasteiger partial charge < -0.3 is 15.1 Å². The van der Waals surface area contributed by atoms with Crippen molar-refractivity contribution in [2.45, 2.75) is 45.3 Å². The fraction of sp³-hybridized carbons (Fsp3) is 0.421. The van der Waals surface area contributed by atoms with Gasteiger partial charge in [-0.05, 0) is 42.9 Å². The van der Waals surface area contributed by atoms with Crippen molar-refractivity contribution in [3.8, 4) is 11.5 Å². The first-order valence-corrected chi connectivity index (χ1v) is 9.84. The van der Waals surface area contributed by atoms with Crippen LogP contribution >= 0.6 is 23.2 Å². The van der Waals surface area contributed by atoms with Crippen LogP contribution in [-0.2, 0) is 30.4 Å². The van der Waals surface area contributed by atoms with Crippen molar-refractivity contribution in [1.29, 1.82) is 0 Å². The van der Waals surface area contributed by atoms with Crippen LogP contribution in [0.5, 0.6) is 11.5 Å². The van der Waals surface area contributed by atoms with Gasteiger partial charge in [0.25, 0.3) is 0 Å². The molecule has 0 unspecified atom stereocenters. The van der Waals surface area contributed by atoms with Gasteiger partial charge in [-0.1, -0.05) is 23.2 Å². The summed E-state index contributed by atoms with van der Waals surface area (Å²) < 4.78 is 37.9. The Morgan fingerprint density at radius 3 is 2.43 bits per heavy atom. The minimum absolute atomic E-state index is 0.0248. The van der Waals surface area contributed by atoms with E-state index in [1.54, 1.807) is 4.90 Å². The first-order valence-electron chi connectivity index (χ1n) is 9.08. The van der Waals surface area contributed by atoms with Crippen LogP contribution in [-0.4, -0.2) is 37.5 Å². The summed E-state index contributed by atoms with van der Waals surface area (Å²) in [5.74, 6) is -2.34. The number of carbonyl (C=O) groups is 1. The lowest BCUT2D eigenvalue weighted by atomic mass is 9.98. The highest BCUT2D eigenvalue weighted by molar-refractivity contribution is 6.36. The van der Waals surface area contributed by atoms with Gasteiger partial charge in [0, 0.05) is 31.4 Å². The van der Waals surface area contributed by atoms with E-state index in [1.165, 1.54) is 6.92 Å². The summed E-state index contributed by atoms with van der Waals surface area (Å²) in [5.41, 5.74) is 1.87. The minimum atomic E-state index is -4.60. The molecule has 0 saturated heterocycles. The summed E-state index contributed by atoms with van der Waals surface area (Å²) in [4.78, 5) is 21.0. The Bertz CT molecular complexity index is 999. The molecule has 0 saturated carbocycles. The van der Waals surface area contributed by atoms with E-state index in [-0.39, 0.29) is 34.6 Å². The number of benzene rings is 1. The largest absolute Gasteiger partial charge is 0.503 e. The first kappa shape index (κ1) is 22.4. The van der Waals surface area contributed by atoms with Gasteiger partial charge in [-0.2, -0.15) is 13.2 Å². The van der Waals surface area contributed by atoms with E-state index in [0.29, 0.717) is 42.5 Å². The van der Waals surface area contributed by atoms with Crippen LogP contribution in [0.2, 0.25) is 10.0 Å². The SMILES string of the molecule is Cc1nc(C(F)(F)F)ncc1CCCC(=O)N1CCc2c(Cl)c(O)c(O)c(Cl)c2C1. The molecule has 1 aliphatic heterocycles. The zero-order valence-electron chi connectivity index (χ0n) is 15.9. The maximum Gasteiger partial charge on any atom is 0.451 e. The molecule has 1 aliphatic rings. The van der Waals surface area contributed by atoms with Crippen LogP contribution < -0.4 is 0 Å². The van der Waals surface area contributed by atoms with Crippen molar-refractivity contribution in [1.82, 2.24) is 14.9 Å². The number of aryl methyl sites for hydroxylation is 2. The van der Waals surface area contributed by atoms with Crippen LogP contribution in [0.3, 0.4) is 0 Å². The molecule has 11 heteroatoms. The van der Waals surface area contributed by atoms with E-state index in [1.807, 2.05) is 0 Å². The molecule has 6 nitrogen and oxygen atoms in total. The van der Waals surface area contributed by atoms with Crippen molar-refractivity contribution < 1.29 is 28.2 Å². The Morgan fingerprint density at radius 1 is 1.20 bits per heavy atom. The number of hydrogen-bond acceptors (Lipinski definition) is 5. The molecule has 2 heterocycles. The maximum atomic E-state index is 12.6. The number of nitrogens with zero attached hydrogens (tertiary/aromatic N) is 3. The predicted molar refractivity (Wildman–Crippen MR) is 104 cm³/mol. The highest BCUT2D eigenvalue weighted by Gasteiger charge is 2.35. The third-order valence-corrected chi connectivity index (χ3v) is 5.85. The van der Waals surface area contributed by atoms with Crippen LogP contribution in [0.15, 0.2) is 6.20 Å². The van der Waals surface area contributed by atoms with Crippen LogP contribution in [0.1, 0.15) is 41.1 Å². The predicted octanol–water partition coefficient (Wildman–Crippen LogP) is 4.43. The molecule has 1 amide bonds. The molecule has 2 N–H and O–H groups in total. The molecule has 2 aromatic rings. The van der Waals surface area contributed by atoms with Crippen LogP contribution in [0, 0.1) is 6.92 Å². The standard InChI is InChI=1S/C19H18Cl2F3N3O3/c1-9-10(7-25-18(26-9)19(22,23)24)3-2-4-13(28)27-6-5-11-12(8-27)15(21)17(30)16(29)14(11)20/h7,29-30H,2-6,8H2,1H3. The lowest BCUT2D eigenvalue weighted by Crippen LogP contribution is -2.36. The average molecular weight is 464 g/mol. The summed E-state index contributed by atoms with van der Waals surface area (Å²) in [6.07, 6.45) is -2.14. The number of amides is 1. The van der Waals surface area contributed by atoms with Crippen LogP contribution in [0.4, 0.5) is 13.2 Å². The number of halogens is 5. The molecule has 1 aromatic heterocycles. The zero-order chi connectivity index (χ0) is 22.2. The Kier molecular flexibility index (Phi) is 6.33. The highest BCUT2D eigenvalue weighted by atomic mass is 35.5. The van der Waals surface area contributed by atoms with E-state index < -0.39 is 23.5 Å². The first-order chi connectivity index (χ1) is 14.0. The van der Waals surface area contributed by atoms with Gasteiger partial charge in [0.15, 0.2) is 11.5 Å². The van der Waals surface area contributed by atoms with Crippen LogP contribution in [0.25, 0.3) is 0 Å². The second-order valence-electron chi connectivity index (χ2n) is 7.00. The highest BCUT2D eigenvalue weighted by Crippen LogP contribution is 2.46. The number of rotatable bonds is 4. The van der Waals surface area contributed by atoms with Gasteiger partial charge >= 0.3 is 6.18 Å². The smallest absolute Gasteiger partial charge is 0.451 e. The van der Waals surface area contributed by atoms with Gasteiger partial charge in [-0.15, -0.1) is 0 Å². The van der Waals surface area contributed by atoms with Gasteiger partial charge in [0.1, 0.15) is 0 Å². The molecular formula is C19H18Cl2F3N3O3. The monoisotopic (exact) mass is 463 g/mol. The van der Waals surface area contributed by atoms with E-state index >= 15 is 0 Å². The molecule has 162 valence electrons. The molecule has 0 radical (unpaired) electrons. The molecule has 0 atom stereocenters. The quantitative estimate of drug-likeness (QED) is 0.654. The van der Waals surface area contributed by atoms with E-state index in [4.69, 9.17) is 23.2 Å².